The number of methoxy groups -OCH3 is 1. The van der Waals surface area contributed by atoms with Crippen LogP contribution in [0.3, 0.4) is 0 Å². The smallest absolute Gasteiger partial charge is 0.410 e. The van der Waals surface area contributed by atoms with Crippen molar-refractivity contribution in [1.29, 1.82) is 0 Å². The Bertz CT molecular complexity index is 1130. The highest BCUT2D eigenvalue weighted by Gasteiger charge is 2.40. The Balaban J connectivity index is 2.15. The summed E-state index contributed by atoms with van der Waals surface area (Å²) < 4.78 is 11.3. The number of hydrogen-bond acceptors (Lipinski definition) is 8. The number of carbonyl (C=O) groups is 2. The van der Waals surface area contributed by atoms with E-state index in [0.29, 0.717) is 10.9 Å². The molecule has 0 spiro atoms. The van der Waals surface area contributed by atoms with E-state index in [0.717, 1.165) is 15.6 Å². The van der Waals surface area contributed by atoms with Crippen LogP contribution >= 0.6 is 15.9 Å². The summed E-state index contributed by atoms with van der Waals surface area (Å²) in [5.74, 6) is -0.604. The third-order valence-electron chi connectivity index (χ3n) is 5.45. The van der Waals surface area contributed by atoms with Gasteiger partial charge in [-0.2, -0.15) is 0 Å². The first kappa shape index (κ1) is 24.7. The third kappa shape index (κ3) is 4.87. The van der Waals surface area contributed by atoms with E-state index in [1.807, 2.05) is 19.9 Å². The van der Waals surface area contributed by atoms with Crippen LogP contribution in [-0.2, 0) is 14.3 Å². The quantitative estimate of drug-likeness (QED) is 0.335. The van der Waals surface area contributed by atoms with Gasteiger partial charge in [0.05, 0.1) is 24.1 Å². The van der Waals surface area contributed by atoms with Gasteiger partial charge in [-0.3, -0.25) is 10.1 Å². The molecule has 1 unspecified atom stereocenters. The highest BCUT2D eigenvalue weighted by atomic mass is 79.9. The number of ether oxygens (including phenoxy) is 2. The van der Waals surface area contributed by atoms with E-state index in [1.165, 1.54) is 18.2 Å². The van der Waals surface area contributed by atoms with E-state index in [4.69, 9.17) is 9.47 Å². The van der Waals surface area contributed by atoms with Gasteiger partial charge in [-0.15, -0.1) is 0 Å². The number of fused-ring (bicyclic) bond motifs is 1. The minimum atomic E-state index is -0.954. The molecule has 0 aliphatic carbocycles. The Hall–Kier alpha value is -2.95. The molecule has 1 saturated heterocycles. The van der Waals surface area contributed by atoms with Crippen LogP contribution in [-0.4, -0.2) is 65.3 Å². The second-order valence-electron chi connectivity index (χ2n) is 8.94. The fourth-order valence-electron chi connectivity index (χ4n) is 3.94. The van der Waals surface area contributed by atoms with Crippen LogP contribution in [0.4, 0.5) is 16.2 Å². The summed E-state index contributed by atoms with van der Waals surface area (Å²) >= 11 is 3.54. The predicted octanol–water partition coefficient (Wildman–Crippen LogP) is 4.12. The molecule has 1 amide bonds. The molecule has 3 rings (SSSR count). The number of carbonyl (C=O) groups excluding carboxylic acids is 2. The van der Waals surface area contributed by atoms with Crippen LogP contribution in [0.25, 0.3) is 10.9 Å². The third-order valence-corrected chi connectivity index (χ3v) is 6.67. The van der Waals surface area contributed by atoms with Gasteiger partial charge in [0.1, 0.15) is 23.5 Å². The summed E-state index contributed by atoms with van der Waals surface area (Å²) in [6, 6.07) is 0.862. The number of hydrogen-bond donors (Lipinski definition) is 0. The number of anilines is 1. The molecule has 0 bridgehead atoms. The Labute approximate surface area is 200 Å². The standard InChI is InChI=1S/C22H27BrN4O6/c1-12-9-14-18(13(2)17(12)23)24-10-15(27(30)31)19(14)26-8-7-25(11-16(26)20(28)32-6)21(29)33-22(3,4)5/h9-10,16H,7-8,11H2,1-6H3. The zero-order valence-electron chi connectivity index (χ0n) is 19.5. The van der Waals surface area contributed by atoms with Gasteiger partial charge in [0.15, 0.2) is 0 Å². The van der Waals surface area contributed by atoms with Crippen molar-refractivity contribution in [3.63, 3.8) is 0 Å². The number of nitro groups is 1. The highest BCUT2D eigenvalue weighted by Crippen LogP contribution is 2.40. The van der Waals surface area contributed by atoms with Crippen molar-refractivity contribution in [3.8, 4) is 0 Å². The van der Waals surface area contributed by atoms with Gasteiger partial charge in [0, 0.05) is 22.9 Å². The molecule has 0 radical (unpaired) electrons. The Morgan fingerprint density at radius 1 is 1.27 bits per heavy atom. The van der Waals surface area contributed by atoms with E-state index in [1.54, 1.807) is 25.7 Å². The van der Waals surface area contributed by atoms with Crippen LogP contribution in [0.15, 0.2) is 16.7 Å². The number of pyridine rings is 1. The summed E-state index contributed by atoms with van der Waals surface area (Å²) in [6.07, 6.45) is 0.654. The van der Waals surface area contributed by atoms with Crippen LogP contribution < -0.4 is 4.90 Å². The minimum Gasteiger partial charge on any atom is -0.467 e. The highest BCUT2D eigenvalue weighted by molar-refractivity contribution is 9.10. The summed E-state index contributed by atoms with van der Waals surface area (Å²) in [7, 11) is 1.25. The van der Waals surface area contributed by atoms with Crippen molar-refractivity contribution in [2.45, 2.75) is 46.3 Å². The maximum Gasteiger partial charge on any atom is 0.410 e. The molecule has 0 saturated carbocycles. The lowest BCUT2D eigenvalue weighted by atomic mass is 10.0. The average molecular weight is 523 g/mol. The molecular weight excluding hydrogens is 496 g/mol. The summed E-state index contributed by atoms with van der Waals surface area (Å²) in [6.45, 7) is 9.40. The van der Waals surface area contributed by atoms with Gasteiger partial charge in [-0.25, -0.2) is 14.6 Å². The Morgan fingerprint density at radius 3 is 2.52 bits per heavy atom. The molecule has 11 heteroatoms. The second-order valence-corrected chi connectivity index (χ2v) is 9.73. The molecule has 1 aromatic heterocycles. The first-order valence-corrected chi connectivity index (χ1v) is 11.2. The fourth-order valence-corrected chi connectivity index (χ4v) is 4.24. The molecule has 1 atom stereocenters. The van der Waals surface area contributed by atoms with E-state index < -0.39 is 28.6 Å². The van der Waals surface area contributed by atoms with Crippen LogP contribution in [0.2, 0.25) is 0 Å². The monoisotopic (exact) mass is 522 g/mol. The number of piperazine rings is 1. The lowest BCUT2D eigenvalue weighted by Gasteiger charge is -2.41. The van der Waals surface area contributed by atoms with Gasteiger partial charge in [-0.1, -0.05) is 15.9 Å². The zero-order chi connectivity index (χ0) is 24.7. The van der Waals surface area contributed by atoms with Crippen LogP contribution in [0, 0.1) is 24.0 Å². The van der Waals surface area contributed by atoms with Crippen molar-refractivity contribution in [2.24, 2.45) is 0 Å². The normalized spacial score (nSPS) is 16.6. The second kappa shape index (κ2) is 9.12. The molecule has 33 heavy (non-hydrogen) atoms. The number of benzene rings is 1. The lowest BCUT2D eigenvalue weighted by Crippen LogP contribution is -2.59. The number of nitrogens with zero attached hydrogens (tertiary/aromatic N) is 4. The van der Waals surface area contributed by atoms with Gasteiger partial charge >= 0.3 is 17.7 Å². The molecule has 10 nitrogen and oxygen atoms in total. The van der Waals surface area contributed by atoms with Crippen molar-refractivity contribution >= 4 is 50.3 Å². The molecule has 1 aliphatic rings. The van der Waals surface area contributed by atoms with Crippen molar-refractivity contribution in [3.05, 3.63) is 38.0 Å². The Morgan fingerprint density at radius 2 is 1.94 bits per heavy atom. The molecule has 1 aliphatic heterocycles. The first-order chi connectivity index (χ1) is 15.4. The van der Waals surface area contributed by atoms with Gasteiger partial charge < -0.3 is 19.3 Å². The van der Waals surface area contributed by atoms with Gasteiger partial charge in [0.25, 0.3) is 0 Å². The number of aryl methyl sites for hydroxylation is 2. The van der Waals surface area contributed by atoms with Gasteiger partial charge in [-0.05, 0) is 51.8 Å². The zero-order valence-corrected chi connectivity index (χ0v) is 21.1. The maximum absolute atomic E-state index is 12.8. The SMILES string of the molecule is COC(=O)C1CN(C(=O)OC(C)(C)C)CCN1c1c([N+](=O)[O-])cnc2c(C)c(Br)c(C)cc12. The molecule has 1 fully saturated rings. The van der Waals surface area contributed by atoms with E-state index >= 15 is 0 Å². The average Bonchev–Trinajstić information content (AvgIpc) is 2.74. The lowest BCUT2D eigenvalue weighted by molar-refractivity contribution is -0.384. The molecular formula is C22H27BrN4O6. The Kier molecular flexibility index (Phi) is 6.83. The summed E-state index contributed by atoms with van der Waals surface area (Å²) in [5, 5.41) is 12.5. The molecule has 2 heterocycles. The topological polar surface area (TPSA) is 115 Å². The maximum atomic E-state index is 12.8. The van der Waals surface area contributed by atoms with Crippen LogP contribution in [0.1, 0.15) is 31.9 Å². The minimum absolute atomic E-state index is 0.0307. The number of halogens is 1. The summed E-state index contributed by atoms with van der Waals surface area (Å²) in [5.41, 5.74) is 1.67. The molecule has 178 valence electrons. The number of amides is 1. The molecule has 0 N–H and O–H groups in total. The number of esters is 1. The van der Waals surface area contributed by atoms with E-state index in [2.05, 4.69) is 20.9 Å². The number of aromatic nitrogens is 1. The number of rotatable bonds is 3. The predicted molar refractivity (Wildman–Crippen MR) is 127 cm³/mol. The summed E-state index contributed by atoms with van der Waals surface area (Å²) in [4.78, 5) is 44.2. The van der Waals surface area contributed by atoms with E-state index in [-0.39, 0.29) is 31.0 Å². The fraction of sp³-hybridized carbons (Fsp3) is 0.500. The van der Waals surface area contributed by atoms with Crippen molar-refractivity contribution < 1.29 is 24.0 Å². The van der Waals surface area contributed by atoms with Crippen molar-refractivity contribution in [1.82, 2.24) is 9.88 Å². The van der Waals surface area contributed by atoms with Gasteiger partial charge in [0.2, 0.25) is 0 Å². The molecule has 2 aromatic rings. The van der Waals surface area contributed by atoms with Crippen LogP contribution in [0.5, 0.6) is 0 Å². The van der Waals surface area contributed by atoms with Crippen molar-refractivity contribution in [2.75, 3.05) is 31.6 Å². The molecule has 1 aromatic carbocycles. The van der Waals surface area contributed by atoms with E-state index in [9.17, 15) is 19.7 Å². The largest absolute Gasteiger partial charge is 0.467 e. The first-order valence-electron chi connectivity index (χ1n) is 10.4.